The van der Waals surface area contributed by atoms with E-state index in [1.807, 2.05) is 4.90 Å². The Balaban J connectivity index is 1.36. The zero-order chi connectivity index (χ0) is 24.7. The maximum absolute atomic E-state index is 13.1. The lowest BCUT2D eigenvalue weighted by molar-refractivity contribution is -0.137. The van der Waals surface area contributed by atoms with E-state index in [9.17, 15) is 22.4 Å². The molecule has 0 unspecified atom stereocenters. The number of pyridine rings is 1. The molecule has 0 radical (unpaired) electrons. The largest absolute Gasteiger partial charge is 0.492 e. The van der Waals surface area contributed by atoms with Gasteiger partial charge in [-0.25, -0.2) is 18.3 Å². The van der Waals surface area contributed by atoms with Crippen molar-refractivity contribution in [1.82, 2.24) is 24.1 Å². The van der Waals surface area contributed by atoms with Crippen molar-refractivity contribution in [3.05, 3.63) is 81.4 Å². The molecule has 35 heavy (non-hydrogen) atoms. The number of fused-ring (bicyclic) bond motifs is 2. The molecule has 0 aliphatic carbocycles. The summed E-state index contributed by atoms with van der Waals surface area (Å²) in [5, 5.41) is 4.27. The predicted octanol–water partition coefficient (Wildman–Crippen LogP) is 3.39. The highest BCUT2D eigenvalue weighted by molar-refractivity contribution is 5.52. The summed E-state index contributed by atoms with van der Waals surface area (Å²) in [7, 11) is 0. The van der Waals surface area contributed by atoms with Gasteiger partial charge in [0.1, 0.15) is 24.0 Å². The van der Waals surface area contributed by atoms with Crippen LogP contribution >= 0.6 is 0 Å². The molecule has 0 saturated carbocycles. The first-order valence-corrected chi connectivity index (χ1v) is 10.8. The van der Waals surface area contributed by atoms with Crippen LogP contribution in [0, 0.1) is 12.7 Å². The summed E-state index contributed by atoms with van der Waals surface area (Å²) in [5.41, 5.74) is 0.631. The summed E-state index contributed by atoms with van der Waals surface area (Å²) in [5.74, 6) is 0.805. The number of ether oxygens (including phenoxy) is 1. The Morgan fingerprint density at radius 2 is 1.94 bits per heavy atom. The first kappa shape index (κ1) is 22.8. The van der Waals surface area contributed by atoms with Crippen molar-refractivity contribution >= 4 is 11.6 Å². The molecule has 12 heteroatoms. The van der Waals surface area contributed by atoms with E-state index in [1.165, 1.54) is 33.3 Å². The minimum atomic E-state index is -4.47. The van der Waals surface area contributed by atoms with Gasteiger partial charge >= 0.3 is 11.9 Å². The highest BCUT2D eigenvalue weighted by atomic mass is 19.4. The minimum Gasteiger partial charge on any atom is -0.492 e. The second kappa shape index (κ2) is 8.67. The van der Waals surface area contributed by atoms with Gasteiger partial charge in [-0.2, -0.15) is 18.2 Å². The van der Waals surface area contributed by atoms with Crippen molar-refractivity contribution < 1.29 is 22.3 Å². The number of anilines is 1. The van der Waals surface area contributed by atoms with Crippen LogP contribution in [0.2, 0.25) is 0 Å². The van der Waals surface area contributed by atoms with Gasteiger partial charge in [0.2, 0.25) is 0 Å². The zero-order valence-electron chi connectivity index (χ0n) is 18.6. The van der Waals surface area contributed by atoms with Crippen LogP contribution in [0.15, 0.2) is 47.5 Å². The van der Waals surface area contributed by atoms with E-state index in [0.29, 0.717) is 41.4 Å². The summed E-state index contributed by atoms with van der Waals surface area (Å²) in [6, 6.07) is 6.66. The van der Waals surface area contributed by atoms with Gasteiger partial charge in [-0.15, -0.1) is 5.10 Å². The summed E-state index contributed by atoms with van der Waals surface area (Å²) >= 11 is 0. The molecule has 4 aromatic rings. The molecule has 4 heterocycles. The maximum Gasteiger partial charge on any atom is 0.417 e. The van der Waals surface area contributed by atoms with Gasteiger partial charge in [0.25, 0.3) is 5.78 Å². The van der Waals surface area contributed by atoms with Crippen LogP contribution in [0.4, 0.5) is 23.4 Å². The fourth-order valence-corrected chi connectivity index (χ4v) is 4.04. The lowest BCUT2D eigenvalue weighted by Crippen LogP contribution is -2.33. The molecule has 1 aromatic carbocycles. The molecule has 0 N–H and O–H groups in total. The SMILES string of the molecule is Cc1cn2c(=O)n(CCOc3ccc(F)cc3)nc2nc1N1CCc2ncc(C(F)(F)F)cc2C1. The maximum atomic E-state index is 13.1. The molecule has 1 aliphatic rings. The molecule has 0 atom stereocenters. The van der Waals surface area contributed by atoms with Gasteiger partial charge in [0, 0.05) is 43.2 Å². The van der Waals surface area contributed by atoms with E-state index in [1.54, 1.807) is 13.1 Å². The highest BCUT2D eigenvalue weighted by Gasteiger charge is 2.32. The monoisotopic (exact) mass is 488 g/mol. The van der Waals surface area contributed by atoms with Crippen LogP contribution in [0.3, 0.4) is 0 Å². The molecule has 0 saturated heterocycles. The van der Waals surface area contributed by atoms with Gasteiger partial charge in [0.15, 0.2) is 0 Å². The standard InChI is InChI=1S/C23H20F4N6O2/c1-14-12-32-21(30-33(22(32)34)8-9-35-18-4-2-17(24)3-5-18)29-20(14)31-7-6-19-15(13-31)10-16(11-28-19)23(25,26)27/h2-5,10-12H,6-9,13H2,1H3. The fraction of sp³-hybridized carbons (Fsp3) is 0.304. The lowest BCUT2D eigenvalue weighted by Gasteiger charge is -2.30. The molecule has 3 aromatic heterocycles. The summed E-state index contributed by atoms with van der Waals surface area (Å²) in [6.45, 7) is 2.80. The van der Waals surface area contributed by atoms with Crippen LogP contribution in [-0.2, 0) is 25.7 Å². The topological polar surface area (TPSA) is 77.5 Å². The Hall–Kier alpha value is -3.96. The normalized spacial score (nSPS) is 13.8. The van der Waals surface area contributed by atoms with E-state index < -0.39 is 17.4 Å². The Morgan fingerprint density at radius 1 is 1.17 bits per heavy atom. The number of hydrogen-bond donors (Lipinski definition) is 0. The molecule has 0 amide bonds. The fourth-order valence-electron chi connectivity index (χ4n) is 4.04. The molecule has 1 aliphatic heterocycles. The highest BCUT2D eigenvalue weighted by Crippen LogP contribution is 2.32. The number of aromatic nitrogens is 5. The molecule has 0 fully saturated rings. The smallest absolute Gasteiger partial charge is 0.417 e. The lowest BCUT2D eigenvalue weighted by atomic mass is 10.0. The molecule has 0 bridgehead atoms. The second-order valence-electron chi connectivity index (χ2n) is 8.22. The zero-order valence-corrected chi connectivity index (χ0v) is 18.6. The molecular weight excluding hydrogens is 468 g/mol. The average Bonchev–Trinajstić information content (AvgIpc) is 3.13. The van der Waals surface area contributed by atoms with E-state index in [4.69, 9.17) is 4.74 Å². The van der Waals surface area contributed by atoms with Crippen molar-refractivity contribution in [3.63, 3.8) is 0 Å². The van der Waals surface area contributed by atoms with Crippen LogP contribution in [0.25, 0.3) is 5.78 Å². The number of alkyl halides is 3. The predicted molar refractivity (Wildman–Crippen MR) is 118 cm³/mol. The molecule has 0 spiro atoms. The molecule has 5 rings (SSSR count). The van der Waals surface area contributed by atoms with E-state index in [-0.39, 0.29) is 31.3 Å². The quantitative estimate of drug-likeness (QED) is 0.401. The first-order valence-electron chi connectivity index (χ1n) is 10.8. The van der Waals surface area contributed by atoms with Gasteiger partial charge in [0.05, 0.1) is 12.1 Å². The van der Waals surface area contributed by atoms with Crippen molar-refractivity contribution in [2.24, 2.45) is 0 Å². The average molecular weight is 488 g/mol. The van der Waals surface area contributed by atoms with Gasteiger partial charge in [-0.1, -0.05) is 0 Å². The van der Waals surface area contributed by atoms with Crippen LogP contribution in [0.5, 0.6) is 5.75 Å². The van der Waals surface area contributed by atoms with Crippen molar-refractivity contribution in [2.45, 2.75) is 32.6 Å². The number of benzene rings is 1. The Bertz CT molecular complexity index is 1450. The number of nitrogens with zero attached hydrogens (tertiary/aromatic N) is 6. The summed E-state index contributed by atoms with van der Waals surface area (Å²) < 4.78 is 60.5. The summed E-state index contributed by atoms with van der Waals surface area (Å²) in [4.78, 5) is 23.1. The van der Waals surface area contributed by atoms with Crippen LogP contribution < -0.4 is 15.3 Å². The Labute approximate surface area is 196 Å². The van der Waals surface area contributed by atoms with E-state index in [0.717, 1.165) is 12.3 Å². The molecule has 8 nitrogen and oxygen atoms in total. The van der Waals surface area contributed by atoms with Crippen molar-refractivity contribution in [1.29, 1.82) is 0 Å². The second-order valence-corrected chi connectivity index (χ2v) is 8.22. The number of hydrogen-bond acceptors (Lipinski definition) is 6. The summed E-state index contributed by atoms with van der Waals surface area (Å²) in [6.07, 6.45) is -1.51. The Kier molecular flexibility index (Phi) is 5.65. The minimum absolute atomic E-state index is 0.138. The number of halogens is 4. The van der Waals surface area contributed by atoms with Gasteiger partial charge in [-0.3, -0.25) is 4.98 Å². The number of aryl methyl sites for hydroxylation is 1. The van der Waals surface area contributed by atoms with E-state index >= 15 is 0 Å². The van der Waals surface area contributed by atoms with E-state index in [2.05, 4.69) is 15.1 Å². The van der Waals surface area contributed by atoms with Crippen LogP contribution in [-0.4, -0.2) is 37.3 Å². The Morgan fingerprint density at radius 3 is 2.69 bits per heavy atom. The van der Waals surface area contributed by atoms with Crippen molar-refractivity contribution in [3.8, 4) is 5.75 Å². The third kappa shape index (κ3) is 4.55. The third-order valence-corrected chi connectivity index (χ3v) is 5.79. The van der Waals surface area contributed by atoms with Gasteiger partial charge < -0.3 is 9.64 Å². The van der Waals surface area contributed by atoms with Crippen molar-refractivity contribution in [2.75, 3.05) is 18.1 Å². The number of rotatable bonds is 5. The first-order chi connectivity index (χ1) is 16.7. The third-order valence-electron chi connectivity index (χ3n) is 5.79. The molecular formula is C23H20F4N6O2. The molecule has 182 valence electrons. The van der Waals surface area contributed by atoms with Crippen LogP contribution in [0.1, 0.15) is 22.4 Å². The van der Waals surface area contributed by atoms with Gasteiger partial charge in [-0.05, 0) is 42.8 Å².